The maximum Gasteiger partial charge on any atom is 0.0436 e. The van der Waals surface area contributed by atoms with Gasteiger partial charge < -0.3 is 10.4 Å². The van der Waals surface area contributed by atoms with Gasteiger partial charge in [-0.15, -0.1) is 0 Å². The van der Waals surface area contributed by atoms with Crippen molar-refractivity contribution >= 4 is 0 Å². The van der Waals surface area contributed by atoms with Crippen LogP contribution < -0.4 is 5.32 Å². The van der Waals surface area contributed by atoms with E-state index in [0.717, 1.165) is 24.8 Å². The molecule has 2 atom stereocenters. The van der Waals surface area contributed by atoms with Gasteiger partial charge in [0.2, 0.25) is 0 Å². The van der Waals surface area contributed by atoms with Crippen molar-refractivity contribution in [3.63, 3.8) is 0 Å². The summed E-state index contributed by atoms with van der Waals surface area (Å²) in [7, 11) is 0. The first-order valence-electron chi connectivity index (χ1n) is 7.30. The zero-order valence-corrected chi connectivity index (χ0v) is 12.1. The van der Waals surface area contributed by atoms with Gasteiger partial charge in [0.05, 0.1) is 0 Å². The van der Waals surface area contributed by atoms with Gasteiger partial charge in [-0.2, -0.15) is 0 Å². The van der Waals surface area contributed by atoms with E-state index < -0.39 is 0 Å². The van der Waals surface area contributed by atoms with Crippen molar-refractivity contribution in [2.24, 2.45) is 17.3 Å². The van der Waals surface area contributed by atoms with Crippen molar-refractivity contribution in [2.75, 3.05) is 13.2 Å². The Kier molecular flexibility index (Phi) is 5.94. The minimum Gasteiger partial charge on any atom is -0.396 e. The molecular weight excluding hydrogens is 210 g/mol. The number of aliphatic hydroxyl groups excluding tert-OH is 1. The molecule has 0 spiro atoms. The molecule has 17 heavy (non-hydrogen) atoms. The van der Waals surface area contributed by atoms with Crippen molar-refractivity contribution in [3.05, 3.63) is 0 Å². The lowest BCUT2D eigenvalue weighted by Gasteiger charge is -2.37. The molecule has 1 fully saturated rings. The van der Waals surface area contributed by atoms with Crippen LogP contribution in [0.2, 0.25) is 0 Å². The Balaban J connectivity index is 2.43. The standard InChI is InChI=1S/C15H31NO/c1-12(2)13-7-5-6-8-14(13)16-11-15(3,4)9-10-17/h12-14,16-17H,5-11H2,1-4H3. The van der Waals surface area contributed by atoms with Crippen LogP contribution in [0.1, 0.15) is 59.8 Å². The molecule has 0 aromatic carbocycles. The van der Waals surface area contributed by atoms with Crippen LogP contribution in [0.4, 0.5) is 0 Å². The predicted molar refractivity (Wildman–Crippen MR) is 74.1 cm³/mol. The second kappa shape index (κ2) is 6.75. The Labute approximate surface area is 107 Å². The van der Waals surface area contributed by atoms with Gasteiger partial charge in [-0.05, 0) is 36.5 Å². The van der Waals surface area contributed by atoms with Gasteiger partial charge in [0.15, 0.2) is 0 Å². The van der Waals surface area contributed by atoms with Crippen molar-refractivity contribution in [1.29, 1.82) is 0 Å². The van der Waals surface area contributed by atoms with Gasteiger partial charge in [-0.3, -0.25) is 0 Å². The Morgan fingerprint density at radius 3 is 2.47 bits per heavy atom. The fourth-order valence-corrected chi connectivity index (χ4v) is 3.01. The van der Waals surface area contributed by atoms with Gasteiger partial charge in [0.25, 0.3) is 0 Å². The number of hydrogen-bond donors (Lipinski definition) is 2. The average Bonchev–Trinajstić information content (AvgIpc) is 2.27. The van der Waals surface area contributed by atoms with Gasteiger partial charge in [-0.1, -0.05) is 40.5 Å². The first kappa shape index (κ1) is 15.0. The molecule has 1 aliphatic rings. The molecule has 2 nitrogen and oxygen atoms in total. The molecule has 2 heteroatoms. The molecule has 1 aliphatic carbocycles. The zero-order chi connectivity index (χ0) is 12.9. The minimum absolute atomic E-state index is 0.216. The second-order valence-corrected chi connectivity index (χ2v) is 6.82. The minimum atomic E-state index is 0.216. The summed E-state index contributed by atoms with van der Waals surface area (Å²) in [5.41, 5.74) is 0.216. The lowest BCUT2D eigenvalue weighted by atomic mass is 9.77. The molecule has 1 rings (SSSR count). The van der Waals surface area contributed by atoms with Crippen molar-refractivity contribution in [2.45, 2.75) is 65.8 Å². The van der Waals surface area contributed by atoms with E-state index >= 15 is 0 Å². The fraction of sp³-hybridized carbons (Fsp3) is 1.00. The maximum atomic E-state index is 9.05. The van der Waals surface area contributed by atoms with E-state index in [4.69, 9.17) is 5.11 Å². The summed E-state index contributed by atoms with van der Waals surface area (Å²) in [5.74, 6) is 1.63. The number of nitrogens with one attached hydrogen (secondary N) is 1. The molecule has 0 aliphatic heterocycles. The van der Waals surface area contributed by atoms with Crippen LogP contribution in [0.25, 0.3) is 0 Å². The highest BCUT2D eigenvalue weighted by atomic mass is 16.3. The Bertz CT molecular complexity index is 213. The van der Waals surface area contributed by atoms with E-state index in [0.29, 0.717) is 12.6 Å². The molecule has 2 unspecified atom stereocenters. The largest absolute Gasteiger partial charge is 0.396 e. The van der Waals surface area contributed by atoms with E-state index in [1.807, 2.05) is 0 Å². The summed E-state index contributed by atoms with van der Waals surface area (Å²) in [4.78, 5) is 0. The zero-order valence-electron chi connectivity index (χ0n) is 12.1. The average molecular weight is 241 g/mol. The van der Waals surface area contributed by atoms with Crippen molar-refractivity contribution in [1.82, 2.24) is 5.32 Å². The second-order valence-electron chi connectivity index (χ2n) is 6.82. The molecule has 0 saturated heterocycles. The third kappa shape index (κ3) is 4.97. The predicted octanol–water partition coefficient (Wildman–Crippen LogP) is 3.20. The smallest absolute Gasteiger partial charge is 0.0436 e. The van der Waals surface area contributed by atoms with Crippen molar-refractivity contribution in [3.8, 4) is 0 Å². The van der Waals surface area contributed by atoms with Gasteiger partial charge in [0, 0.05) is 19.2 Å². The van der Waals surface area contributed by atoms with Crippen LogP contribution in [-0.2, 0) is 0 Å². The molecule has 1 saturated carbocycles. The van der Waals surface area contributed by atoms with Gasteiger partial charge in [0.1, 0.15) is 0 Å². The quantitative estimate of drug-likeness (QED) is 0.748. The van der Waals surface area contributed by atoms with Crippen LogP contribution in [0.5, 0.6) is 0 Å². The monoisotopic (exact) mass is 241 g/mol. The lowest BCUT2D eigenvalue weighted by Crippen LogP contribution is -2.44. The van der Waals surface area contributed by atoms with Crippen LogP contribution in [0.3, 0.4) is 0 Å². The van der Waals surface area contributed by atoms with Gasteiger partial charge in [-0.25, -0.2) is 0 Å². The maximum absolute atomic E-state index is 9.05. The van der Waals surface area contributed by atoms with Crippen LogP contribution in [-0.4, -0.2) is 24.3 Å². The van der Waals surface area contributed by atoms with E-state index in [2.05, 4.69) is 33.0 Å². The van der Waals surface area contributed by atoms with Crippen LogP contribution in [0.15, 0.2) is 0 Å². The van der Waals surface area contributed by atoms with E-state index in [1.165, 1.54) is 25.7 Å². The molecule has 0 aromatic rings. The molecule has 0 radical (unpaired) electrons. The topological polar surface area (TPSA) is 32.3 Å². The summed E-state index contributed by atoms with van der Waals surface area (Å²) < 4.78 is 0. The third-order valence-corrected chi connectivity index (χ3v) is 4.31. The summed E-state index contributed by atoms with van der Waals surface area (Å²) in [6.45, 7) is 10.5. The molecule has 0 heterocycles. The van der Waals surface area contributed by atoms with Crippen molar-refractivity contribution < 1.29 is 5.11 Å². The fourth-order valence-electron chi connectivity index (χ4n) is 3.01. The van der Waals surface area contributed by atoms with E-state index in [-0.39, 0.29) is 5.41 Å². The highest BCUT2D eigenvalue weighted by Gasteiger charge is 2.28. The molecular formula is C15H31NO. The molecule has 102 valence electrons. The summed E-state index contributed by atoms with van der Waals surface area (Å²) in [6, 6.07) is 0.696. The van der Waals surface area contributed by atoms with E-state index in [1.54, 1.807) is 0 Å². The van der Waals surface area contributed by atoms with Crippen LogP contribution in [0, 0.1) is 17.3 Å². The van der Waals surface area contributed by atoms with Crippen LogP contribution >= 0.6 is 0 Å². The Hall–Kier alpha value is -0.0800. The highest BCUT2D eigenvalue weighted by molar-refractivity contribution is 4.84. The summed E-state index contributed by atoms with van der Waals surface area (Å²) >= 11 is 0. The molecule has 2 N–H and O–H groups in total. The number of hydrogen-bond acceptors (Lipinski definition) is 2. The summed E-state index contributed by atoms with van der Waals surface area (Å²) in [6.07, 6.45) is 6.38. The highest BCUT2D eigenvalue weighted by Crippen LogP contribution is 2.31. The molecule has 0 aromatic heterocycles. The lowest BCUT2D eigenvalue weighted by molar-refractivity contribution is 0.165. The Morgan fingerprint density at radius 1 is 1.24 bits per heavy atom. The Morgan fingerprint density at radius 2 is 1.88 bits per heavy atom. The first-order valence-corrected chi connectivity index (χ1v) is 7.30. The van der Waals surface area contributed by atoms with Gasteiger partial charge >= 0.3 is 0 Å². The third-order valence-electron chi connectivity index (χ3n) is 4.31. The summed E-state index contributed by atoms with van der Waals surface area (Å²) in [5, 5.41) is 12.8. The SMILES string of the molecule is CC(C)C1CCCCC1NCC(C)(C)CCO. The number of rotatable bonds is 6. The molecule has 0 bridgehead atoms. The normalized spacial score (nSPS) is 26.5. The molecule has 0 amide bonds. The van der Waals surface area contributed by atoms with E-state index in [9.17, 15) is 0 Å². The number of aliphatic hydroxyl groups is 1. The first-order chi connectivity index (χ1) is 7.96.